The summed E-state index contributed by atoms with van der Waals surface area (Å²) in [5.41, 5.74) is 2.81. The first-order valence-electron chi connectivity index (χ1n) is 8.91. The number of benzene rings is 1. The first kappa shape index (κ1) is 14.9. The summed E-state index contributed by atoms with van der Waals surface area (Å²) in [6.45, 7) is 3.07. The van der Waals surface area contributed by atoms with Crippen LogP contribution in [0.15, 0.2) is 18.2 Å². The molecule has 0 aromatic heterocycles. The molecular weight excluding hydrogens is 290 g/mol. The van der Waals surface area contributed by atoms with E-state index in [2.05, 4.69) is 6.07 Å². The summed E-state index contributed by atoms with van der Waals surface area (Å²) in [5.74, 6) is 0.873. The van der Waals surface area contributed by atoms with Gasteiger partial charge in [-0.05, 0) is 61.8 Å². The highest BCUT2D eigenvalue weighted by Crippen LogP contribution is 2.56. The normalized spacial score (nSPS) is 32.0. The van der Waals surface area contributed by atoms with Gasteiger partial charge in [-0.3, -0.25) is 0 Å². The Hall–Kier alpha value is -1.71. The van der Waals surface area contributed by atoms with Crippen LogP contribution in [-0.2, 0) is 16.6 Å². The average Bonchev–Trinajstić information content (AvgIpc) is 2.56. The molecular formula is C19H25NO3. The number of carbonyl (C=O) groups excluding carboxylic acids is 1. The van der Waals surface area contributed by atoms with Gasteiger partial charge in [-0.25, -0.2) is 4.79 Å². The van der Waals surface area contributed by atoms with Crippen LogP contribution in [0.2, 0.25) is 0 Å². The quantitative estimate of drug-likeness (QED) is 0.861. The highest BCUT2D eigenvalue weighted by atomic mass is 16.6. The van der Waals surface area contributed by atoms with E-state index in [0.717, 1.165) is 19.4 Å². The maximum Gasteiger partial charge on any atom is 0.410 e. The fraction of sp³-hybridized carbons (Fsp3) is 0.632. The van der Waals surface area contributed by atoms with E-state index in [9.17, 15) is 9.90 Å². The van der Waals surface area contributed by atoms with Crippen molar-refractivity contribution in [2.75, 3.05) is 13.2 Å². The van der Waals surface area contributed by atoms with Crippen LogP contribution in [0.3, 0.4) is 0 Å². The maximum atomic E-state index is 12.4. The largest absolute Gasteiger partial charge is 0.508 e. The Morgan fingerprint density at radius 2 is 2.26 bits per heavy atom. The van der Waals surface area contributed by atoms with E-state index in [1.807, 2.05) is 17.9 Å². The molecule has 23 heavy (non-hydrogen) atoms. The Balaban J connectivity index is 1.78. The number of amides is 1. The van der Waals surface area contributed by atoms with Crippen LogP contribution >= 0.6 is 0 Å². The van der Waals surface area contributed by atoms with Gasteiger partial charge >= 0.3 is 6.09 Å². The molecule has 1 saturated heterocycles. The van der Waals surface area contributed by atoms with Crippen molar-refractivity contribution in [2.24, 2.45) is 5.92 Å². The van der Waals surface area contributed by atoms with Crippen molar-refractivity contribution in [1.29, 1.82) is 0 Å². The lowest BCUT2D eigenvalue weighted by atomic mass is 9.52. The van der Waals surface area contributed by atoms with Crippen LogP contribution in [0.25, 0.3) is 0 Å². The minimum Gasteiger partial charge on any atom is -0.508 e. The Kier molecular flexibility index (Phi) is 3.51. The molecule has 0 radical (unpaired) electrons. The van der Waals surface area contributed by atoms with Crippen LogP contribution in [0, 0.1) is 5.92 Å². The van der Waals surface area contributed by atoms with Gasteiger partial charge in [0, 0.05) is 18.0 Å². The Labute approximate surface area is 137 Å². The number of likely N-dealkylation sites (tertiary alicyclic amines) is 1. The van der Waals surface area contributed by atoms with Crippen molar-refractivity contribution in [3.63, 3.8) is 0 Å². The summed E-state index contributed by atoms with van der Waals surface area (Å²) in [4.78, 5) is 14.4. The Bertz CT molecular complexity index is 629. The molecule has 1 unspecified atom stereocenters. The number of hydrogen-bond acceptors (Lipinski definition) is 3. The van der Waals surface area contributed by atoms with Gasteiger partial charge in [0.15, 0.2) is 0 Å². The highest BCUT2D eigenvalue weighted by molar-refractivity contribution is 5.69. The van der Waals surface area contributed by atoms with Crippen LogP contribution in [0.4, 0.5) is 4.79 Å². The van der Waals surface area contributed by atoms with Gasteiger partial charge < -0.3 is 14.7 Å². The van der Waals surface area contributed by atoms with Crippen LogP contribution in [-0.4, -0.2) is 35.3 Å². The molecule has 2 fully saturated rings. The second-order valence-corrected chi connectivity index (χ2v) is 7.26. The molecule has 1 heterocycles. The lowest BCUT2D eigenvalue weighted by Crippen LogP contribution is -2.62. The average molecular weight is 315 g/mol. The number of piperidine rings is 1. The number of carbonyl (C=O) groups is 1. The van der Waals surface area contributed by atoms with Crippen molar-refractivity contribution in [3.05, 3.63) is 29.3 Å². The summed E-state index contributed by atoms with van der Waals surface area (Å²) >= 11 is 0. The third-order valence-corrected chi connectivity index (χ3v) is 6.32. The van der Waals surface area contributed by atoms with Gasteiger partial charge in [0.25, 0.3) is 0 Å². The van der Waals surface area contributed by atoms with E-state index in [4.69, 9.17) is 4.74 Å². The topological polar surface area (TPSA) is 49.8 Å². The number of fused-ring (bicyclic) bond motifs is 1. The second-order valence-electron chi connectivity index (χ2n) is 7.26. The molecule has 1 aromatic rings. The van der Waals surface area contributed by atoms with Gasteiger partial charge in [-0.1, -0.05) is 18.9 Å². The molecule has 2 bridgehead atoms. The van der Waals surface area contributed by atoms with Gasteiger partial charge in [-0.15, -0.1) is 0 Å². The lowest BCUT2D eigenvalue weighted by Gasteiger charge is -2.58. The SMILES string of the molecule is CCOC(=O)N1CC[C@@]23CCCCC2[C@@H]1Cc1ccc(O)cc13. The standard InChI is InChI=1S/C19H25NO3/c1-2-23-18(22)20-10-9-19-8-4-3-5-15(19)17(20)11-13-6-7-14(21)12-16(13)19/h6-7,12,15,17,21H,2-5,8-11H2,1H3/t15?,17-,19-/m0/s1. The van der Waals surface area contributed by atoms with E-state index < -0.39 is 0 Å². The molecule has 2 aliphatic carbocycles. The first-order valence-corrected chi connectivity index (χ1v) is 8.91. The number of aromatic hydroxyl groups is 1. The monoisotopic (exact) mass is 315 g/mol. The van der Waals surface area contributed by atoms with E-state index in [-0.39, 0.29) is 17.6 Å². The number of ether oxygens (including phenoxy) is 1. The minimum atomic E-state index is -0.154. The maximum absolute atomic E-state index is 12.4. The fourth-order valence-electron chi connectivity index (χ4n) is 5.43. The Morgan fingerprint density at radius 3 is 3.09 bits per heavy atom. The molecule has 1 aliphatic heterocycles. The van der Waals surface area contributed by atoms with Crippen LogP contribution in [0.1, 0.15) is 50.2 Å². The number of rotatable bonds is 1. The summed E-state index contributed by atoms with van der Waals surface area (Å²) in [7, 11) is 0. The molecule has 124 valence electrons. The Morgan fingerprint density at radius 1 is 1.39 bits per heavy atom. The molecule has 3 aliphatic rings. The van der Waals surface area contributed by atoms with Crippen molar-refractivity contribution in [2.45, 2.75) is 56.9 Å². The minimum absolute atomic E-state index is 0.151. The first-order chi connectivity index (χ1) is 11.2. The van der Waals surface area contributed by atoms with Gasteiger partial charge in [0.05, 0.1) is 6.61 Å². The molecule has 1 amide bonds. The van der Waals surface area contributed by atoms with Crippen molar-refractivity contribution < 1.29 is 14.6 Å². The molecule has 4 rings (SSSR count). The van der Waals surface area contributed by atoms with Crippen LogP contribution < -0.4 is 0 Å². The molecule has 3 atom stereocenters. The summed E-state index contributed by atoms with van der Waals surface area (Å²) < 4.78 is 5.30. The van der Waals surface area contributed by atoms with Crippen molar-refractivity contribution in [3.8, 4) is 5.75 Å². The number of hydrogen-bond donors (Lipinski definition) is 1. The summed E-state index contributed by atoms with van der Waals surface area (Å²) in [6.07, 6.45) is 6.58. The third-order valence-electron chi connectivity index (χ3n) is 6.32. The summed E-state index contributed by atoms with van der Waals surface area (Å²) in [6, 6.07) is 6.08. The fourth-order valence-corrected chi connectivity index (χ4v) is 5.43. The number of phenolic OH excluding ortho intramolecular Hbond substituents is 1. The molecule has 1 saturated carbocycles. The molecule has 1 aromatic carbocycles. The third kappa shape index (κ3) is 2.14. The zero-order valence-electron chi connectivity index (χ0n) is 13.8. The highest BCUT2D eigenvalue weighted by Gasteiger charge is 2.55. The molecule has 0 spiro atoms. The molecule has 1 N–H and O–H groups in total. The molecule has 4 heteroatoms. The van der Waals surface area contributed by atoms with Gasteiger partial charge in [0.1, 0.15) is 5.75 Å². The van der Waals surface area contributed by atoms with Gasteiger partial charge in [0.2, 0.25) is 0 Å². The van der Waals surface area contributed by atoms with Crippen LogP contribution in [0.5, 0.6) is 5.75 Å². The van der Waals surface area contributed by atoms with Crippen molar-refractivity contribution >= 4 is 6.09 Å². The van der Waals surface area contributed by atoms with Crippen molar-refractivity contribution in [1.82, 2.24) is 4.90 Å². The smallest absolute Gasteiger partial charge is 0.410 e. The summed E-state index contributed by atoms with van der Waals surface area (Å²) in [5, 5.41) is 10.00. The zero-order chi connectivity index (χ0) is 16.0. The van der Waals surface area contributed by atoms with E-state index >= 15 is 0 Å². The predicted octanol–water partition coefficient (Wildman–Crippen LogP) is 3.61. The lowest BCUT2D eigenvalue weighted by molar-refractivity contribution is -0.0110. The number of phenols is 1. The van der Waals surface area contributed by atoms with E-state index in [1.165, 1.54) is 36.8 Å². The van der Waals surface area contributed by atoms with Gasteiger partial charge in [-0.2, -0.15) is 0 Å². The predicted molar refractivity (Wildman–Crippen MR) is 87.6 cm³/mol. The second kappa shape index (κ2) is 5.43. The number of nitrogens with zero attached hydrogens (tertiary/aromatic N) is 1. The van der Waals surface area contributed by atoms with E-state index in [0.29, 0.717) is 18.3 Å². The zero-order valence-corrected chi connectivity index (χ0v) is 13.8. The molecule has 4 nitrogen and oxygen atoms in total. The van der Waals surface area contributed by atoms with E-state index in [1.54, 1.807) is 6.07 Å².